The lowest BCUT2D eigenvalue weighted by atomic mass is 9.95. The first-order chi connectivity index (χ1) is 18.5. The molecule has 210 valence electrons. The van der Waals surface area contributed by atoms with Crippen LogP contribution in [0.4, 0.5) is 4.39 Å². The fraction of sp³-hybridized carbons (Fsp3) is 0.481. The summed E-state index contributed by atoms with van der Waals surface area (Å²) < 4.78 is 49.3. The second-order valence-electron chi connectivity index (χ2n) is 10.4. The number of methoxy groups -OCH3 is 1. The van der Waals surface area contributed by atoms with Crippen molar-refractivity contribution in [3.63, 3.8) is 0 Å². The molecule has 12 heteroatoms. The molecule has 3 atom stereocenters. The van der Waals surface area contributed by atoms with Crippen LogP contribution in [0.3, 0.4) is 0 Å². The van der Waals surface area contributed by atoms with Gasteiger partial charge in [0.2, 0.25) is 21.8 Å². The minimum Gasteiger partial charge on any atom is -0.495 e. The highest BCUT2D eigenvalue weighted by Crippen LogP contribution is 2.36. The van der Waals surface area contributed by atoms with E-state index in [2.05, 4.69) is 0 Å². The van der Waals surface area contributed by atoms with E-state index in [0.717, 1.165) is 24.1 Å². The van der Waals surface area contributed by atoms with Gasteiger partial charge in [-0.05, 0) is 56.2 Å². The van der Waals surface area contributed by atoms with Gasteiger partial charge in [0.05, 0.1) is 13.7 Å². The molecule has 3 saturated heterocycles. The van der Waals surface area contributed by atoms with Crippen LogP contribution in [0.15, 0.2) is 47.4 Å². The van der Waals surface area contributed by atoms with Gasteiger partial charge in [0.1, 0.15) is 34.7 Å². The monoisotopic (exact) mass is 578 g/mol. The summed E-state index contributed by atoms with van der Waals surface area (Å²) in [4.78, 5) is 32.6. The van der Waals surface area contributed by atoms with Gasteiger partial charge < -0.3 is 14.5 Å². The molecule has 5 rings (SSSR count). The zero-order valence-electron chi connectivity index (χ0n) is 22.1. The summed E-state index contributed by atoms with van der Waals surface area (Å²) in [5, 5.41) is 0.545. The Bertz CT molecular complexity index is 1370. The third kappa shape index (κ3) is 5.01. The van der Waals surface area contributed by atoms with E-state index in [1.54, 1.807) is 29.2 Å². The van der Waals surface area contributed by atoms with E-state index in [4.69, 9.17) is 16.3 Å². The number of carbonyl (C=O) groups excluding carboxylic acids is 2. The molecule has 39 heavy (non-hydrogen) atoms. The average molecular weight is 579 g/mol. The van der Waals surface area contributed by atoms with Gasteiger partial charge >= 0.3 is 0 Å². The van der Waals surface area contributed by atoms with Crippen LogP contribution in [0, 0.1) is 5.82 Å². The quantitative estimate of drug-likeness (QED) is 0.502. The molecule has 3 heterocycles. The smallest absolute Gasteiger partial charge is 0.248 e. The Morgan fingerprint density at radius 3 is 2.33 bits per heavy atom. The van der Waals surface area contributed by atoms with E-state index in [9.17, 15) is 22.4 Å². The number of fused-ring (bicyclic) bond motifs is 1. The maximum atomic E-state index is 14.3. The summed E-state index contributed by atoms with van der Waals surface area (Å²) in [6.45, 7) is 4.92. The van der Waals surface area contributed by atoms with Crippen molar-refractivity contribution in [2.24, 2.45) is 0 Å². The number of benzene rings is 2. The number of ether oxygens (including phenoxy) is 1. The number of sulfonamides is 1. The fourth-order valence-corrected chi connectivity index (χ4v) is 7.47. The van der Waals surface area contributed by atoms with Crippen LogP contribution in [0.1, 0.15) is 25.8 Å². The van der Waals surface area contributed by atoms with Gasteiger partial charge in [-0.25, -0.2) is 12.8 Å². The van der Waals surface area contributed by atoms with Gasteiger partial charge in [-0.15, -0.1) is 0 Å². The third-order valence-corrected chi connectivity index (χ3v) is 9.96. The Labute approximate surface area is 233 Å². The highest BCUT2D eigenvalue weighted by atomic mass is 35.5. The van der Waals surface area contributed by atoms with E-state index in [1.807, 2.05) is 18.7 Å². The predicted molar refractivity (Wildman–Crippen MR) is 143 cm³/mol. The average Bonchev–Trinajstić information content (AvgIpc) is 2.86. The molecule has 0 saturated carbocycles. The molecule has 2 amide bonds. The number of carbonyl (C=O) groups is 2. The highest BCUT2D eigenvalue weighted by molar-refractivity contribution is 7.89. The van der Waals surface area contributed by atoms with Crippen molar-refractivity contribution < 1.29 is 27.1 Å². The van der Waals surface area contributed by atoms with Crippen LogP contribution in [0.2, 0.25) is 5.02 Å². The zero-order valence-corrected chi connectivity index (χ0v) is 23.7. The van der Waals surface area contributed by atoms with E-state index >= 15 is 0 Å². The number of amides is 2. The lowest BCUT2D eigenvalue weighted by Gasteiger charge is -2.56. The molecule has 3 unspecified atom stereocenters. The Morgan fingerprint density at radius 2 is 1.74 bits per heavy atom. The number of piperazine rings is 1. The Kier molecular flexibility index (Phi) is 7.62. The van der Waals surface area contributed by atoms with Gasteiger partial charge in [-0.1, -0.05) is 23.7 Å². The summed E-state index contributed by atoms with van der Waals surface area (Å²) >= 11 is 6.07. The molecule has 0 aliphatic carbocycles. The lowest BCUT2D eigenvalue weighted by molar-refractivity contribution is -0.173. The van der Waals surface area contributed by atoms with E-state index < -0.39 is 34.1 Å². The number of rotatable bonds is 7. The number of halogens is 2. The molecule has 3 fully saturated rings. The highest BCUT2D eigenvalue weighted by Gasteiger charge is 2.55. The van der Waals surface area contributed by atoms with Gasteiger partial charge in [-0.2, -0.15) is 4.31 Å². The molecule has 0 radical (unpaired) electrons. The Morgan fingerprint density at radius 1 is 1.05 bits per heavy atom. The van der Waals surface area contributed by atoms with Crippen LogP contribution in [-0.4, -0.2) is 96.8 Å². The van der Waals surface area contributed by atoms with Crippen molar-refractivity contribution in [1.29, 1.82) is 0 Å². The molecule has 2 aromatic rings. The number of hydrogen-bond acceptors (Lipinski definition) is 6. The van der Waals surface area contributed by atoms with E-state index in [0.29, 0.717) is 18.1 Å². The molecular weight excluding hydrogens is 547 g/mol. The predicted octanol–water partition coefficient (Wildman–Crippen LogP) is 2.58. The van der Waals surface area contributed by atoms with Crippen molar-refractivity contribution in [3.05, 3.63) is 58.9 Å². The lowest BCUT2D eigenvalue weighted by Crippen LogP contribution is -2.77. The molecule has 9 nitrogen and oxygen atoms in total. The summed E-state index contributed by atoms with van der Waals surface area (Å²) in [7, 11) is -3.03. The number of nitrogens with zero attached hydrogens (tertiary/aromatic N) is 4. The molecule has 3 aliphatic heterocycles. The minimum absolute atomic E-state index is 0.00292. The number of likely N-dealkylation sites (tertiary alicyclic amines) is 1. The Balaban J connectivity index is 1.63. The van der Waals surface area contributed by atoms with E-state index in [1.165, 1.54) is 22.4 Å². The first-order valence-corrected chi connectivity index (χ1v) is 14.8. The van der Waals surface area contributed by atoms with Crippen LogP contribution < -0.4 is 4.74 Å². The molecule has 0 spiro atoms. The van der Waals surface area contributed by atoms with Gasteiger partial charge in [0.15, 0.2) is 0 Å². The molecule has 3 aliphatic rings. The van der Waals surface area contributed by atoms with Crippen LogP contribution in [0.5, 0.6) is 5.75 Å². The summed E-state index contributed by atoms with van der Waals surface area (Å²) in [5.74, 6) is -1.23. The van der Waals surface area contributed by atoms with Crippen molar-refractivity contribution in [2.45, 2.75) is 55.9 Å². The topological polar surface area (TPSA) is 90.5 Å². The van der Waals surface area contributed by atoms with Crippen LogP contribution in [0.25, 0.3) is 0 Å². The van der Waals surface area contributed by atoms with Gasteiger partial charge in [0.25, 0.3) is 0 Å². The van der Waals surface area contributed by atoms with E-state index in [-0.39, 0.29) is 48.0 Å². The fourth-order valence-electron chi connectivity index (χ4n) is 5.60. The third-order valence-electron chi connectivity index (χ3n) is 7.82. The molecule has 0 aromatic heterocycles. The largest absolute Gasteiger partial charge is 0.495 e. The first kappa shape index (κ1) is 27.8. The van der Waals surface area contributed by atoms with Crippen LogP contribution >= 0.6 is 11.6 Å². The number of hydrogen-bond donors (Lipinski definition) is 0. The summed E-state index contributed by atoms with van der Waals surface area (Å²) in [6.07, 6.45) is 0.127. The van der Waals surface area contributed by atoms with Gasteiger partial charge in [-0.3, -0.25) is 14.5 Å². The van der Waals surface area contributed by atoms with Crippen molar-refractivity contribution in [2.75, 3.05) is 33.3 Å². The van der Waals surface area contributed by atoms with Crippen molar-refractivity contribution >= 4 is 33.4 Å². The molecule has 0 bridgehead atoms. The van der Waals surface area contributed by atoms with Gasteiger partial charge in [0, 0.05) is 37.1 Å². The molecule has 2 aromatic carbocycles. The maximum absolute atomic E-state index is 14.3. The zero-order chi connectivity index (χ0) is 28.1. The second-order valence-corrected chi connectivity index (χ2v) is 12.7. The Hall–Kier alpha value is -2.73. The first-order valence-electron chi connectivity index (χ1n) is 13.0. The maximum Gasteiger partial charge on any atom is 0.248 e. The SMILES string of the molecule is COc1ccc(F)cc1S(=O)(=O)N1CC(N2CCC2)C(=O)N2C(Cc3ccc(Cl)cc3)C(=O)N(C(C)C)CC21. The summed E-state index contributed by atoms with van der Waals surface area (Å²) in [5.41, 5.74) is 0.794. The minimum atomic E-state index is -4.35. The summed E-state index contributed by atoms with van der Waals surface area (Å²) in [6, 6.07) is 8.47. The van der Waals surface area contributed by atoms with Crippen molar-refractivity contribution in [3.8, 4) is 5.75 Å². The van der Waals surface area contributed by atoms with Crippen molar-refractivity contribution in [1.82, 2.24) is 19.0 Å². The second kappa shape index (κ2) is 10.7. The molecule has 0 N–H and O–H groups in total. The van der Waals surface area contributed by atoms with Crippen LogP contribution in [-0.2, 0) is 26.0 Å². The normalized spacial score (nSPS) is 24.6. The standard InChI is InChI=1S/C27H32ClFN4O5S/c1-17(2)31-16-25-32(39(36,37)24-14-20(29)9-10-23(24)38-3)15-22(30-11-4-12-30)27(35)33(25)21(26(31)34)13-18-5-7-19(28)8-6-18/h5-10,14,17,21-22,25H,4,11-13,15-16H2,1-3H3. The molecular formula is C27H32ClFN4O5S.